The van der Waals surface area contributed by atoms with Gasteiger partial charge in [0.05, 0.1) is 17.1 Å². The molecule has 3 heterocycles. The van der Waals surface area contributed by atoms with Gasteiger partial charge in [-0.1, -0.05) is 24.3 Å². The maximum atomic E-state index is 12.4. The highest BCUT2D eigenvalue weighted by Crippen LogP contribution is 2.26. The third-order valence-corrected chi connectivity index (χ3v) is 6.79. The van der Waals surface area contributed by atoms with Crippen LogP contribution >= 0.6 is 15.9 Å². The lowest BCUT2D eigenvalue weighted by Gasteiger charge is -2.18. The Kier molecular flexibility index (Phi) is 7.33. The number of anilines is 4. The number of halogens is 1. The first-order valence-electron chi connectivity index (χ1n) is 12.0. The fourth-order valence-electron chi connectivity index (χ4n) is 4.38. The first-order chi connectivity index (χ1) is 17.6. The number of hydrogen-bond acceptors (Lipinski definition) is 6. The van der Waals surface area contributed by atoms with Crippen LogP contribution in [0.15, 0.2) is 65.4 Å². The molecule has 0 radical (unpaired) electrons. The summed E-state index contributed by atoms with van der Waals surface area (Å²) >= 11 is 3.51. The lowest BCUT2D eigenvalue weighted by atomic mass is 10.1. The van der Waals surface area contributed by atoms with E-state index < -0.39 is 0 Å². The monoisotopic (exact) mass is 549 g/mol. The molecule has 4 aromatic rings. The number of urea groups is 1. The van der Waals surface area contributed by atoms with E-state index in [1.54, 1.807) is 6.20 Å². The Morgan fingerprint density at radius 2 is 1.94 bits per heavy atom. The Hall–Kier alpha value is -3.63. The van der Waals surface area contributed by atoms with Gasteiger partial charge in [-0.3, -0.25) is 0 Å². The molecule has 2 amide bonds. The summed E-state index contributed by atoms with van der Waals surface area (Å²) in [7, 11) is 0. The van der Waals surface area contributed by atoms with Gasteiger partial charge in [0, 0.05) is 47.8 Å². The second-order valence-corrected chi connectivity index (χ2v) is 9.66. The van der Waals surface area contributed by atoms with E-state index in [-0.39, 0.29) is 18.7 Å². The molecule has 186 valence electrons. The van der Waals surface area contributed by atoms with E-state index >= 15 is 0 Å². The zero-order valence-corrected chi connectivity index (χ0v) is 21.3. The molecule has 1 aliphatic rings. The van der Waals surface area contributed by atoms with Crippen molar-refractivity contribution < 1.29 is 9.90 Å². The van der Waals surface area contributed by atoms with Crippen molar-refractivity contribution in [3.63, 3.8) is 0 Å². The minimum atomic E-state index is -0.243. The summed E-state index contributed by atoms with van der Waals surface area (Å²) in [6, 6.07) is 15.2. The van der Waals surface area contributed by atoms with E-state index in [1.165, 1.54) is 0 Å². The number of nitrogens with zero attached hydrogens (tertiary/aromatic N) is 3. The fourth-order valence-corrected chi connectivity index (χ4v) is 4.68. The SMILES string of the molecule is O=C(Nc1cccc(Nc2ncc(Br)c(NC(CO)Cc3c[nH]c4ccccc34)n2)c1)N1CCCC1. The highest BCUT2D eigenvalue weighted by atomic mass is 79.9. The molecule has 5 rings (SSSR count). The van der Waals surface area contributed by atoms with Crippen molar-refractivity contribution in [1.29, 1.82) is 0 Å². The van der Waals surface area contributed by atoms with Crippen LogP contribution in [0.4, 0.5) is 27.9 Å². The number of aliphatic hydroxyl groups excluding tert-OH is 1. The van der Waals surface area contributed by atoms with Gasteiger partial charge in [0.15, 0.2) is 0 Å². The summed E-state index contributed by atoms with van der Waals surface area (Å²) in [4.78, 5) is 26.5. The summed E-state index contributed by atoms with van der Waals surface area (Å²) in [6.45, 7) is 1.53. The second kappa shape index (κ2) is 11.0. The summed E-state index contributed by atoms with van der Waals surface area (Å²) < 4.78 is 0.692. The van der Waals surface area contributed by atoms with Gasteiger partial charge in [-0.15, -0.1) is 0 Å². The number of fused-ring (bicyclic) bond motifs is 1. The van der Waals surface area contributed by atoms with E-state index in [9.17, 15) is 9.90 Å². The number of rotatable bonds is 8. The van der Waals surface area contributed by atoms with Crippen molar-refractivity contribution in [3.8, 4) is 0 Å². The van der Waals surface area contributed by atoms with Crippen molar-refractivity contribution in [1.82, 2.24) is 19.9 Å². The molecule has 0 saturated carbocycles. The number of benzene rings is 2. The van der Waals surface area contributed by atoms with Crippen LogP contribution in [0, 0.1) is 0 Å². The number of hydrogen-bond donors (Lipinski definition) is 5. The highest BCUT2D eigenvalue weighted by Gasteiger charge is 2.18. The van der Waals surface area contributed by atoms with Crippen molar-refractivity contribution >= 4 is 56.0 Å². The molecule has 5 N–H and O–H groups in total. The third-order valence-electron chi connectivity index (χ3n) is 6.21. The minimum absolute atomic E-state index is 0.0581. The van der Waals surface area contributed by atoms with Crippen LogP contribution in [-0.4, -0.2) is 56.7 Å². The Labute approximate surface area is 217 Å². The summed E-state index contributed by atoms with van der Waals surface area (Å²) in [5.74, 6) is 0.970. The number of amides is 2. The maximum absolute atomic E-state index is 12.4. The number of aromatic nitrogens is 3. The largest absolute Gasteiger partial charge is 0.394 e. The molecule has 10 heteroatoms. The zero-order valence-electron chi connectivity index (χ0n) is 19.7. The molecule has 1 saturated heterocycles. The lowest BCUT2D eigenvalue weighted by Crippen LogP contribution is -2.32. The number of para-hydroxylation sites is 1. The maximum Gasteiger partial charge on any atom is 0.321 e. The molecule has 1 atom stereocenters. The minimum Gasteiger partial charge on any atom is -0.394 e. The lowest BCUT2D eigenvalue weighted by molar-refractivity contribution is 0.222. The van der Waals surface area contributed by atoms with Crippen LogP contribution in [0.3, 0.4) is 0 Å². The average molecular weight is 550 g/mol. The van der Waals surface area contributed by atoms with Crippen molar-refractivity contribution in [2.45, 2.75) is 25.3 Å². The molecule has 1 aliphatic heterocycles. The standard InChI is InChI=1S/C26H28BrN7O2/c27-22-15-29-25(31-18-6-5-7-19(13-18)32-26(36)34-10-3-4-11-34)33-24(22)30-20(16-35)12-17-14-28-23-9-2-1-8-21(17)23/h1-2,5-9,13-15,20,28,35H,3-4,10-12,16H2,(H,32,36)(H2,29,30,31,33). The summed E-state index contributed by atoms with van der Waals surface area (Å²) in [6.07, 6.45) is 6.36. The summed E-state index contributed by atoms with van der Waals surface area (Å²) in [5, 5.41) is 20.7. The molecule has 9 nitrogen and oxygen atoms in total. The average Bonchev–Trinajstić information content (AvgIpc) is 3.57. The number of aliphatic hydroxyl groups is 1. The number of nitrogens with one attached hydrogen (secondary N) is 4. The number of carbonyl (C=O) groups is 1. The van der Waals surface area contributed by atoms with Gasteiger partial charge in [0.2, 0.25) is 5.95 Å². The van der Waals surface area contributed by atoms with E-state index in [0.717, 1.165) is 48.1 Å². The Morgan fingerprint density at radius 3 is 2.78 bits per heavy atom. The quantitative estimate of drug-likeness (QED) is 0.208. The van der Waals surface area contributed by atoms with E-state index in [4.69, 9.17) is 0 Å². The number of carbonyl (C=O) groups excluding carboxylic acids is 1. The van der Waals surface area contributed by atoms with Crippen LogP contribution in [0.5, 0.6) is 0 Å². The van der Waals surface area contributed by atoms with Gasteiger partial charge in [0.25, 0.3) is 0 Å². The van der Waals surface area contributed by atoms with Crippen LogP contribution < -0.4 is 16.0 Å². The van der Waals surface area contributed by atoms with Gasteiger partial charge < -0.3 is 30.9 Å². The molecule has 0 spiro atoms. The normalized spacial score (nSPS) is 14.1. The van der Waals surface area contributed by atoms with Gasteiger partial charge >= 0.3 is 6.03 Å². The second-order valence-electron chi connectivity index (χ2n) is 8.81. The van der Waals surface area contributed by atoms with Crippen molar-refractivity contribution in [2.75, 3.05) is 35.6 Å². The first kappa shape index (κ1) is 24.1. The fraction of sp³-hybridized carbons (Fsp3) is 0.269. The Bertz CT molecular complexity index is 1350. The molecule has 0 bridgehead atoms. The zero-order chi connectivity index (χ0) is 24.9. The molecule has 2 aromatic carbocycles. The predicted octanol–water partition coefficient (Wildman–Crippen LogP) is 5.11. The molecule has 1 fully saturated rings. The molecule has 2 aromatic heterocycles. The predicted molar refractivity (Wildman–Crippen MR) is 146 cm³/mol. The Balaban J connectivity index is 1.27. The molecule has 0 aliphatic carbocycles. The van der Waals surface area contributed by atoms with Gasteiger partial charge in [-0.2, -0.15) is 4.98 Å². The third kappa shape index (κ3) is 5.60. The van der Waals surface area contributed by atoms with Crippen molar-refractivity contribution in [2.24, 2.45) is 0 Å². The summed E-state index contributed by atoms with van der Waals surface area (Å²) in [5.41, 5.74) is 3.64. The number of H-pyrrole nitrogens is 1. The van der Waals surface area contributed by atoms with Crippen LogP contribution in [0.1, 0.15) is 18.4 Å². The number of likely N-dealkylation sites (tertiary alicyclic amines) is 1. The van der Waals surface area contributed by atoms with Crippen LogP contribution in [0.25, 0.3) is 10.9 Å². The van der Waals surface area contributed by atoms with Crippen molar-refractivity contribution in [3.05, 3.63) is 71.0 Å². The van der Waals surface area contributed by atoms with Crippen LogP contribution in [-0.2, 0) is 6.42 Å². The molecule has 36 heavy (non-hydrogen) atoms. The topological polar surface area (TPSA) is 118 Å². The molecular weight excluding hydrogens is 522 g/mol. The first-order valence-corrected chi connectivity index (χ1v) is 12.8. The molecular formula is C26H28BrN7O2. The van der Waals surface area contributed by atoms with Crippen LogP contribution in [0.2, 0.25) is 0 Å². The smallest absolute Gasteiger partial charge is 0.321 e. The van der Waals surface area contributed by atoms with E-state index in [2.05, 4.69) is 52.9 Å². The van der Waals surface area contributed by atoms with E-state index in [1.807, 2.05) is 53.6 Å². The highest BCUT2D eigenvalue weighted by molar-refractivity contribution is 9.10. The van der Waals surface area contributed by atoms with Gasteiger partial charge in [0.1, 0.15) is 5.82 Å². The van der Waals surface area contributed by atoms with Gasteiger partial charge in [-0.05, 0) is 65.0 Å². The Morgan fingerprint density at radius 1 is 1.14 bits per heavy atom. The number of aromatic amines is 1. The van der Waals surface area contributed by atoms with Gasteiger partial charge in [-0.25, -0.2) is 9.78 Å². The molecule has 1 unspecified atom stereocenters. The van der Waals surface area contributed by atoms with E-state index in [0.29, 0.717) is 28.3 Å².